The Bertz CT molecular complexity index is 607. The third-order valence-electron chi connectivity index (χ3n) is 4.11. The number of nitrogens with one attached hydrogen (secondary N) is 2. The number of likely N-dealkylation sites (N-methyl/N-ethyl adjacent to an activating group) is 1. The van der Waals surface area contributed by atoms with E-state index >= 15 is 0 Å². The van der Waals surface area contributed by atoms with Crippen LogP contribution in [0.2, 0.25) is 0 Å². The van der Waals surface area contributed by atoms with Crippen LogP contribution < -0.4 is 5.32 Å². The van der Waals surface area contributed by atoms with Gasteiger partial charge < -0.3 is 9.88 Å². The molecule has 21 heavy (non-hydrogen) atoms. The molecule has 0 saturated carbocycles. The molecule has 5 nitrogen and oxygen atoms in total. The van der Waals surface area contributed by atoms with Crippen molar-refractivity contribution in [3.05, 3.63) is 40.1 Å². The van der Waals surface area contributed by atoms with Gasteiger partial charge >= 0.3 is 0 Å². The second-order valence-corrected chi connectivity index (χ2v) is 6.58. The highest BCUT2D eigenvalue weighted by Gasteiger charge is 2.29. The van der Waals surface area contributed by atoms with Gasteiger partial charge in [-0.15, -0.1) is 11.3 Å². The number of H-pyrrole nitrogens is 1. The Morgan fingerprint density at radius 2 is 2.48 bits per heavy atom. The molecule has 2 aromatic rings. The highest BCUT2D eigenvalue weighted by molar-refractivity contribution is 7.09. The van der Waals surface area contributed by atoms with E-state index in [9.17, 15) is 4.79 Å². The maximum Gasteiger partial charge on any atom is 0.240 e. The summed E-state index contributed by atoms with van der Waals surface area (Å²) in [4.78, 5) is 23.2. The molecule has 0 bridgehead atoms. The Labute approximate surface area is 128 Å². The minimum absolute atomic E-state index is 0.146. The van der Waals surface area contributed by atoms with Crippen LogP contribution in [0.15, 0.2) is 23.8 Å². The lowest BCUT2D eigenvalue weighted by Crippen LogP contribution is -2.51. The summed E-state index contributed by atoms with van der Waals surface area (Å²) in [5, 5.41) is 5.37. The standard InChI is InChI=1S/C15H20N4OS/c1-10(6-11-4-3-5-21-11)19(2)15(20)13-7-12-14(8-16-13)18-9-17-12/h3-5,9-10,13,16H,6-8H2,1-2H3,(H,17,18). The Morgan fingerprint density at radius 1 is 1.62 bits per heavy atom. The third kappa shape index (κ3) is 3.01. The van der Waals surface area contributed by atoms with Crippen molar-refractivity contribution in [1.82, 2.24) is 20.2 Å². The first-order valence-electron chi connectivity index (χ1n) is 7.18. The first-order chi connectivity index (χ1) is 10.1. The Balaban J connectivity index is 1.62. The monoisotopic (exact) mass is 304 g/mol. The van der Waals surface area contributed by atoms with Crippen LogP contribution in [0.5, 0.6) is 0 Å². The van der Waals surface area contributed by atoms with Gasteiger partial charge in [-0.25, -0.2) is 4.98 Å². The molecule has 0 aliphatic carbocycles. The zero-order valence-electron chi connectivity index (χ0n) is 12.3. The molecule has 0 fully saturated rings. The number of carbonyl (C=O) groups excluding carboxylic acids is 1. The van der Waals surface area contributed by atoms with Gasteiger partial charge in [0.05, 0.1) is 23.8 Å². The number of carbonyl (C=O) groups is 1. The summed E-state index contributed by atoms with van der Waals surface area (Å²) >= 11 is 1.74. The van der Waals surface area contributed by atoms with Gasteiger partial charge in [0.15, 0.2) is 0 Å². The van der Waals surface area contributed by atoms with Gasteiger partial charge in [-0.3, -0.25) is 10.1 Å². The first kappa shape index (κ1) is 14.3. The molecule has 0 radical (unpaired) electrons. The van der Waals surface area contributed by atoms with Gasteiger partial charge in [-0.2, -0.15) is 0 Å². The number of aromatic amines is 1. The summed E-state index contributed by atoms with van der Waals surface area (Å²) in [6, 6.07) is 4.19. The summed E-state index contributed by atoms with van der Waals surface area (Å²) in [6.07, 6.45) is 3.26. The number of imidazole rings is 1. The molecular formula is C15H20N4OS. The van der Waals surface area contributed by atoms with Crippen LogP contribution in [0, 0.1) is 0 Å². The van der Waals surface area contributed by atoms with Crippen LogP contribution >= 0.6 is 11.3 Å². The molecule has 0 saturated heterocycles. The van der Waals surface area contributed by atoms with Crippen LogP contribution in [0.4, 0.5) is 0 Å². The van der Waals surface area contributed by atoms with E-state index in [1.807, 2.05) is 11.9 Å². The molecular weight excluding hydrogens is 284 g/mol. The van der Waals surface area contributed by atoms with E-state index in [2.05, 4.69) is 39.7 Å². The Morgan fingerprint density at radius 3 is 3.24 bits per heavy atom. The summed E-state index contributed by atoms with van der Waals surface area (Å²) < 4.78 is 0. The molecule has 1 aliphatic rings. The molecule has 1 aliphatic heterocycles. The summed E-state index contributed by atoms with van der Waals surface area (Å²) in [5.74, 6) is 0.146. The number of rotatable bonds is 4. The summed E-state index contributed by atoms with van der Waals surface area (Å²) in [7, 11) is 1.89. The maximum absolute atomic E-state index is 12.6. The fourth-order valence-electron chi connectivity index (χ4n) is 2.66. The van der Waals surface area contributed by atoms with Crippen LogP contribution in [0.1, 0.15) is 23.2 Å². The Kier molecular flexibility index (Phi) is 4.07. The van der Waals surface area contributed by atoms with Crippen molar-refractivity contribution < 1.29 is 4.79 Å². The van der Waals surface area contributed by atoms with Gasteiger partial charge in [0.25, 0.3) is 0 Å². The fraction of sp³-hybridized carbons (Fsp3) is 0.467. The average molecular weight is 304 g/mol. The number of nitrogens with zero attached hydrogens (tertiary/aromatic N) is 2. The molecule has 0 spiro atoms. The quantitative estimate of drug-likeness (QED) is 0.901. The van der Waals surface area contributed by atoms with E-state index in [0.29, 0.717) is 13.0 Å². The molecule has 2 aromatic heterocycles. The number of amides is 1. The van der Waals surface area contributed by atoms with E-state index < -0.39 is 0 Å². The van der Waals surface area contributed by atoms with E-state index in [1.165, 1.54) is 4.88 Å². The topological polar surface area (TPSA) is 61.0 Å². The van der Waals surface area contributed by atoms with E-state index in [0.717, 1.165) is 17.8 Å². The molecule has 6 heteroatoms. The summed E-state index contributed by atoms with van der Waals surface area (Å²) in [5.41, 5.74) is 2.10. The molecule has 0 aromatic carbocycles. The number of aromatic nitrogens is 2. The second-order valence-electron chi connectivity index (χ2n) is 5.55. The SMILES string of the molecule is CC(Cc1cccs1)N(C)C(=O)C1Cc2nc[nH]c2CN1. The minimum atomic E-state index is -0.170. The van der Waals surface area contributed by atoms with Crippen molar-refractivity contribution in [3.63, 3.8) is 0 Å². The minimum Gasteiger partial charge on any atom is -0.347 e. The lowest BCUT2D eigenvalue weighted by atomic mass is 10.0. The van der Waals surface area contributed by atoms with Crippen molar-refractivity contribution in [3.8, 4) is 0 Å². The molecule has 2 unspecified atom stereocenters. The highest BCUT2D eigenvalue weighted by Crippen LogP contribution is 2.17. The molecule has 1 amide bonds. The smallest absolute Gasteiger partial charge is 0.240 e. The lowest BCUT2D eigenvalue weighted by Gasteiger charge is -2.31. The number of hydrogen-bond acceptors (Lipinski definition) is 4. The van der Waals surface area contributed by atoms with Gasteiger partial charge in [0.2, 0.25) is 5.91 Å². The predicted molar refractivity (Wildman–Crippen MR) is 83.2 cm³/mol. The largest absolute Gasteiger partial charge is 0.347 e. The number of hydrogen-bond donors (Lipinski definition) is 2. The van der Waals surface area contributed by atoms with Gasteiger partial charge in [0, 0.05) is 37.4 Å². The Hall–Kier alpha value is -1.66. The van der Waals surface area contributed by atoms with E-state index in [-0.39, 0.29) is 18.0 Å². The van der Waals surface area contributed by atoms with Gasteiger partial charge in [-0.05, 0) is 18.4 Å². The normalized spacial score (nSPS) is 19.0. The summed E-state index contributed by atoms with van der Waals surface area (Å²) in [6.45, 7) is 2.78. The van der Waals surface area contributed by atoms with Crippen LogP contribution in [-0.2, 0) is 24.2 Å². The zero-order valence-corrected chi connectivity index (χ0v) is 13.1. The lowest BCUT2D eigenvalue weighted by molar-refractivity contribution is -0.134. The van der Waals surface area contributed by atoms with Gasteiger partial charge in [0.1, 0.15) is 0 Å². The van der Waals surface area contributed by atoms with Gasteiger partial charge in [-0.1, -0.05) is 6.07 Å². The van der Waals surface area contributed by atoms with Crippen molar-refractivity contribution in [2.75, 3.05) is 7.05 Å². The highest BCUT2D eigenvalue weighted by atomic mass is 32.1. The average Bonchev–Trinajstić information content (AvgIpc) is 3.15. The van der Waals surface area contributed by atoms with Crippen molar-refractivity contribution in [2.45, 2.75) is 38.4 Å². The second kappa shape index (κ2) is 5.99. The third-order valence-corrected chi connectivity index (χ3v) is 5.01. The predicted octanol–water partition coefficient (Wildman–Crippen LogP) is 1.58. The van der Waals surface area contributed by atoms with Crippen LogP contribution in [0.25, 0.3) is 0 Å². The van der Waals surface area contributed by atoms with Crippen molar-refractivity contribution >= 4 is 17.2 Å². The first-order valence-corrected chi connectivity index (χ1v) is 8.06. The number of fused-ring (bicyclic) bond motifs is 1. The van der Waals surface area contributed by atoms with E-state index in [4.69, 9.17) is 0 Å². The zero-order chi connectivity index (χ0) is 14.8. The maximum atomic E-state index is 12.6. The van der Waals surface area contributed by atoms with Crippen LogP contribution in [-0.4, -0.2) is 39.9 Å². The van der Waals surface area contributed by atoms with Crippen molar-refractivity contribution in [1.29, 1.82) is 0 Å². The molecule has 3 heterocycles. The van der Waals surface area contributed by atoms with Crippen LogP contribution in [0.3, 0.4) is 0 Å². The fourth-order valence-corrected chi connectivity index (χ4v) is 3.49. The number of thiophene rings is 1. The molecule has 2 N–H and O–H groups in total. The van der Waals surface area contributed by atoms with E-state index in [1.54, 1.807) is 17.7 Å². The van der Waals surface area contributed by atoms with Crippen molar-refractivity contribution in [2.24, 2.45) is 0 Å². The molecule has 112 valence electrons. The molecule has 2 atom stereocenters. The molecule has 3 rings (SSSR count).